The second kappa shape index (κ2) is 8.45. The third kappa shape index (κ3) is 3.77. The molecular weight excluding hydrogens is 464 g/mol. The number of halogens is 1. The lowest BCUT2D eigenvalue weighted by molar-refractivity contribution is 0.0697. The molecule has 0 saturated heterocycles. The number of aryl methyl sites for hydroxylation is 2. The molecule has 1 aromatic carbocycles. The Morgan fingerprint density at radius 3 is 2.56 bits per heavy atom. The first kappa shape index (κ1) is 22.7. The van der Waals surface area contributed by atoms with Gasteiger partial charge in [0.15, 0.2) is 5.65 Å². The van der Waals surface area contributed by atoms with Crippen LogP contribution in [0.15, 0.2) is 46.4 Å². The third-order valence-electron chi connectivity index (χ3n) is 5.14. The van der Waals surface area contributed by atoms with E-state index < -0.39 is 17.3 Å². The number of aromatic amines is 1. The number of Topliss-reactive ketones (excluding diaryl/α,β-unsaturated/α-hetero) is 1. The molecule has 0 bridgehead atoms. The van der Waals surface area contributed by atoms with Crippen LogP contribution in [-0.4, -0.2) is 47.4 Å². The molecule has 0 amide bonds. The lowest BCUT2D eigenvalue weighted by atomic mass is 9.98. The Morgan fingerprint density at radius 1 is 1.18 bits per heavy atom. The highest BCUT2D eigenvalue weighted by Crippen LogP contribution is 2.31. The summed E-state index contributed by atoms with van der Waals surface area (Å²) in [5.74, 6) is 3.14. The summed E-state index contributed by atoms with van der Waals surface area (Å²) < 4.78 is 1.32. The first-order valence-corrected chi connectivity index (χ1v) is 10.1. The molecule has 0 aliphatic rings. The van der Waals surface area contributed by atoms with Crippen LogP contribution in [0.3, 0.4) is 0 Å². The third-order valence-corrected chi connectivity index (χ3v) is 5.47. The number of aromatic hydroxyl groups is 1. The highest BCUT2D eigenvalue weighted by Gasteiger charge is 2.27. The van der Waals surface area contributed by atoms with Crippen LogP contribution in [0.1, 0.15) is 37.7 Å². The topological polar surface area (TPSA) is 177 Å². The van der Waals surface area contributed by atoms with E-state index in [1.165, 1.54) is 36.0 Å². The minimum Gasteiger partial charge on any atom is -0.505 e. The van der Waals surface area contributed by atoms with Gasteiger partial charge < -0.3 is 21.0 Å². The molecule has 0 spiro atoms. The van der Waals surface area contributed by atoms with Crippen LogP contribution < -0.4 is 11.4 Å². The number of rotatable bonds is 5. The van der Waals surface area contributed by atoms with Gasteiger partial charge in [0.25, 0.3) is 5.56 Å². The van der Waals surface area contributed by atoms with E-state index in [0.717, 1.165) is 0 Å². The van der Waals surface area contributed by atoms with Crippen molar-refractivity contribution in [2.75, 3.05) is 0 Å². The van der Waals surface area contributed by atoms with E-state index in [2.05, 4.69) is 20.2 Å². The van der Waals surface area contributed by atoms with Gasteiger partial charge in [-0.1, -0.05) is 11.6 Å². The minimum atomic E-state index is -1.22. The average Bonchev–Trinajstić information content (AvgIpc) is 3.20. The number of carbonyl (C=O) groups is 2. The number of aromatic nitrogens is 4. The zero-order valence-electron chi connectivity index (χ0n) is 17.8. The summed E-state index contributed by atoms with van der Waals surface area (Å²) in [5, 5.41) is 28.3. The Bertz CT molecular complexity index is 1590. The van der Waals surface area contributed by atoms with Crippen LogP contribution in [0.5, 0.6) is 5.75 Å². The number of hydrogen-bond donors (Lipinski definition) is 4. The molecule has 5 N–H and O–H groups in total. The van der Waals surface area contributed by atoms with Crippen molar-refractivity contribution in [3.8, 4) is 11.4 Å². The number of hydrazone groups is 1. The summed E-state index contributed by atoms with van der Waals surface area (Å²) in [6.45, 7) is 3.16. The maximum atomic E-state index is 13.2. The van der Waals surface area contributed by atoms with Gasteiger partial charge >= 0.3 is 5.97 Å². The predicted octanol–water partition coefficient (Wildman–Crippen LogP) is 2.33. The molecule has 3 aromatic heterocycles. The van der Waals surface area contributed by atoms with Gasteiger partial charge in [0.2, 0.25) is 5.78 Å². The molecule has 0 aliphatic carbocycles. The van der Waals surface area contributed by atoms with Gasteiger partial charge in [0.1, 0.15) is 11.5 Å². The van der Waals surface area contributed by atoms with Crippen LogP contribution >= 0.6 is 11.6 Å². The summed E-state index contributed by atoms with van der Waals surface area (Å²) in [6, 6.07) is 7.16. The molecule has 4 aromatic rings. The molecule has 34 heavy (non-hydrogen) atoms. The van der Waals surface area contributed by atoms with E-state index in [0.29, 0.717) is 11.4 Å². The number of fused-ring (bicyclic) bond motifs is 1. The normalized spacial score (nSPS) is 11.7. The first-order chi connectivity index (χ1) is 16.1. The molecule has 12 heteroatoms. The van der Waals surface area contributed by atoms with Gasteiger partial charge in [0, 0.05) is 11.9 Å². The standard InChI is InChI=1S/C22H17ClN6O5/c1-9-3-5-12(21(32)25-9)19(31)17(27-24)16-14-8-29(28-20(14)26-10(2)18(16)30)11-4-6-15(23)13(7-11)22(33)34/h3-8,30H,24H2,1-2H3,(H,25,32)(H,33,34). The van der Waals surface area contributed by atoms with E-state index in [4.69, 9.17) is 17.4 Å². The Hall–Kier alpha value is -4.51. The van der Waals surface area contributed by atoms with Crippen molar-refractivity contribution in [2.45, 2.75) is 13.8 Å². The molecule has 0 aliphatic heterocycles. The van der Waals surface area contributed by atoms with Crippen LogP contribution in [0.4, 0.5) is 0 Å². The van der Waals surface area contributed by atoms with Crippen molar-refractivity contribution < 1.29 is 19.8 Å². The summed E-state index contributed by atoms with van der Waals surface area (Å²) in [6.07, 6.45) is 1.43. The second-order valence-corrected chi connectivity index (χ2v) is 7.80. The van der Waals surface area contributed by atoms with Gasteiger partial charge in [-0.05, 0) is 44.2 Å². The van der Waals surface area contributed by atoms with E-state index >= 15 is 0 Å². The molecule has 0 saturated carbocycles. The maximum absolute atomic E-state index is 13.2. The fourth-order valence-electron chi connectivity index (χ4n) is 3.45. The van der Waals surface area contributed by atoms with E-state index in [9.17, 15) is 24.6 Å². The number of carbonyl (C=O) groups excluding carboxylic acids is 1. The molecule has 11 nitrogen and oxygen atoms in total. The van der Waals surface area contributed by atoms with Crippen LogP contribution in [-0.2, 0) is 0 Å². The quantitative estimate of drug-likeness (QED) is 0.145. The van der Waals surface area contributed by atoms with Crippen LogP contribution in [0, 0.1) is 13.8 Å². The van der Waals surface area contributed by atoms with Crippen molar-refractivity contribution in [1.29, 1.82) is 0 Å². The summed E-state index contributed by atoms with van der Waals surface area (Å²) in [7, 11) is 0. The largest absolute Gasteiger partial charge is 0.505 e. The molecule has 172 valence electrons. The number of nitrogens with one attached hydrogen (secondary N) is 1. The molecule has 4 rings (SSSR count). The van der Waals surface area contributed by atoms with Crippen molar-refractivity contribution in [1.82, 2.24) is 19.7 Å². The number of carboxylic acids is 1. The Balaban J connectivity index is 1.93. The zero-order chi connectivity index (χ0) is 24.7. The number of H-pyrrole nitrogens is 1. The lowest BCUT2D eigenvalue weighted by Gasteiger charge is -2.09. The number of ketones is 1. The van der Waals surface area contributed by atoms with Crippen LogP contribution in [0.25, 0.3) is 16.7 Å². The molecule has 0 unspecified atom stereocenters. The van der Waals surface area contributed by atoms with Gasteiger partial charge in [-0.3, -0.25) is 9.59 Å². The molecular formula is C22H17ClN6O5. The fourth-order valence-corrected chi connectivity index (χ4v) is 3.65. The zero-order valence-corrected chi connectivity index (χ0v) is 18.6. The number of nitrogens with two attached hydrogens (primary N) is 1. The van der Waals surface area contributed by atoms with E-state index in [-0.39, 0.29) is 49.9 Å². The van der Waals surface area contributed by atoms with Crippen LogP contribution in [0.2, 0.25) is 5.02 Å². The van der Waals surface area contributed by atoms with E-state index in [1.807, 2.05) is 0 Å². The van der Waals surface area contributed by atoms with Crippen molar-refractivity contribution in [3.05, 3.63) is 80.0 Å². The number of benzene rings is 1. The number of pyridine rings is 2. The smallest absolute Gasteiger partial charge is 0.337 e. The fraction of sp³-hybridized carbons (Fsp3) is 0.0909. The number of carboxylic acid groups (broad SMARTS) is 1. The summed E-state index contributed by atoms with van der Waals surface area (Å²) in [5.41, 5.74) is -0.246. The Kier molecular flexibility index (Phi) is 5.63. The SMILES string of the molecule is Cc1ccc(C(=O)C(=NN)c2c(O)c(C)nc3nn(-c4ccc(Cl)c(C(=O)O)c4)cc23)c(=O)[nH]1. The second-order valence-electron chi connectivity index (χ2n) is 7.39. The number of nitrogens with zero attached hydrogens (tertiary/aromatic N) is 4. The minimum absolute atomic E-state index is 0.0479. The monoisotopic (exact) mass is 480 g/mol. The summed E-state index contributed by atoms with van der Waals surface area (Å²) >= 11 is 5.95. The molecule has 0 atom stereocenters. The van der Waals surface area contributed by atoms with Gasteiger partial charge in [0.05, 0.1) is 38.5 Å². The van der Waals surface area contributed by atoms with Crippen molar-refractivity contribution >= 4 is 40.1 Å². The Morgan fingerprint density at radius 2 is 1.91 bits per heavy atom. The number of hydrogen-bond acceptors (Lipinski definition) is 8. The van der Waals surface area contributed by atoms with Gasteiger partial charge in [-0.15, -0.1) is 5.10 Å². The van der Waals surface area contributed by atoms with Crippen molar-refractivity contribution in [2.24, 2.45) is 10.9 Å². The van der Waals surface area contributed by atoms with E-state index in [1.54, 1.807) is 19.1 Å². The molecule has 0 radical (unpaired) electrons. The highest BCUT2D eigenvalue weighted by atomic mass is 35.5. The maximum Gasteiger partial charge on any atom is 0.337 e. The number of aromatic carboxylic acids is 1. The molecule has 0 fully saturated rings. The highest BCUT2D eigenvalue weighted by molar-refractivity contribution is 6.53. The average molecular weight is 481 g/mol. The molecule has 3 heterocycles. The van der Waals surface area contributed by atoms with Gasteiger partial charge in [-0.25, -0.2) is 14.5 Å². The lowest BCUT2D eigenvalue weighted by Crippen LogP contribution is -2.26. The van der Waals surface area contributed by atoms with Crippen molar-refractivity contribution in [3.63, 3.8) is 0 Å². The first-order valence-electron chi connectivity index (χ1n) is 9.77. The Labute approximate surface area is 196 Å². The predicted molar refractivity (Wildman–Crippen MR) is 124 cm³/mol. The summed E-state index contributed by atoms with van der Waals surface area (Å²) in [4.78, 5) is 43.7. The van der Waals surface area contributed by atoms with Gasteiger partial charge in [-0.2, -0.15) is 5.10 Å².